The Balaban J connectivity index is 3.38. The summed E-state index contributed by atoms with van der Waals surface area (Å²) in [5.41, 5.74) is -0.668. The summed E-state index contributed by atoms with van der Waals surface area (Å²) in [7, 11) is -2.74. The van der Waals surface area contributed by atoms with Crippen LogP contribution in [0.25, 0.3) is 0 Å². The van der Waals surface area contributed by atoms with Crippen LogP contribution in [0.2, 0.25) is 0 Å². The summed E-state index contributed by atoms with van der Waals surface area (Å²) in [6, 6.07) is 1.27. The van der Waals surface area contributed by atoms with E-state index < -0.39 is 31.3 Å². The number of nitro benzene ring substituents is 1. The standard InChI is InChI=1S/C12H18FN3O4S/c1-4-8(5-2)15-21(19,20)12-10(13)6-9(16(17)18)7-11(12)14-3/h6-8,14-15H,4-5H2,1-3H3. The lowest BCUT2D eigenvalue weighted by atomic mass is 10.2. The molecule has 0 aromatic heterocycles. The average molecular weight is 319 g/mol. The van der Waals surface area contributed by atoms with Crippen LogP contribution in [-0.2, 0) is 10.0 Å². The number of halogens is 1. The number of sulfonamides is 1. The minimum absolute atomic E-state index is 0.153. The van der Waals surface area contributed by atoms with Gasteiger partial charge in [-0.2, -0.15) is 0 Å². The van der Waals surface area contributed by atoms with Crippen LogP contribution in [0.15, 0.2) is 17.0 Å². The first kappa shape index (κ1) is 17.3. The van der Waals surface area contributed by atoms with E-state index in [1.54, 1.807) is 0 Å². The molecular weight excluding hydrogens is 301 g/mol. The number of non-ortho nitro benzene ring substituents is 1. The average Bonchev–Trinajstić information content (AvgIpc) is 2.43. The summed E-state index contributed by atoms with van der Waals surface area (Å²) < 4.78 is 41.0. The second kappa shape index (κ2) is 6.81. The lowest BCUT2D eigenvalue weighted by molar-refractivity contribution is -0.385. The number of anilines is 1. The molecule has 0 saturated carbocycles. The van der Waals surface area contributed by atoms with E-state index in [4.69, 9.17) is 0 Å². The van der Waals surface area contributed by atoms with Crippen LogP contribution in [0.4, 0.5) is 15.8 Å². The largest absolute Gasteiger partial charge is 0.387 e. The van der Waals surface area contributed by atoms with Gasteiger partial charge in [0.1, 0.15) is 4.90 Å². The monoisotopic (exact) mass is 319 g/mol. The molecule has 1 aromatic carbocycles. The number of nitro groups is 1. The van der Waals surface area contributed by atoms with Gasteiger partial charge in [0.15, 0.2) is 5.82 Å². The molecule has 7 nitrogen and oxygen atoms in total. The Hall–Kier alpha value is -1.74. The van der Waals surface area contributed by atoms with Crippen LogP contribution >= 0.6 is 0 Å². The zero-order valence-electron chi connectivity index (χ0n) is 12.0. The van der Waals surface area contributed by atoms with Crippen LogP contribution in [-0.4, -0.2) is 26.4 Å². The highest BCUT2D eigenvalue weighted by atomic mass is 32.2. The van der Waals surface area contributed by atoms with Gasteiger partial charge >= 0.3 is 0 Å². The van der Waals surface area contributed by atoms with Crippen LogP contribution in [0.1, 0.15) is 26.7 Å². The molecule has 2 N–H and O–H groups in total. The lowest BCUT2D eigenvalue weighted by Crippen LogP contribution is -2.34. The van der Waals surface area contributed by atoms with Gasteiger partial charge in [-0.05, 0) is 12.8 Å². The fraction of sp³-hybridized carbons (Fsp3) is 0.500. The second-order valence-corrected chi connectivity index (χ2v) is 6.10. The molecule has 0 aliphatic carbocycles. The Morgan fingerprint density at radius 2 is 1.90 bits per heavy atom. The summed E-state index contributed by atoms with van der Waals surface area (Å²) >= 11 is 0. The van der Waals surface area contributed by atoms with Gasteiger partial charge in [-0.1, -0.05) is 13.8 Å². The zero-order chi connectivity index (χ0) is 16.2. The van der Waals surface area contributed by atoms with Crippen LogP contribution in [0, 0.1) is 15.9 Å². The van der Waals surface area contributed by atoms with E-state index in [0.29, 0.717) is 18.9 Å². The van der Waals surface area contributed by atoms with Crippen molar-refractivity contribution in [3.63, 3.8) is 0 Å². The Morgan fingerprint density at radius 1 is 1.33 bits per heavy atom. The van der Waals surface area contributed by atoms with Crippen molar-refractivity contribution in [1.29, 1.82) is 0 Å². The molecule has 0 spiro atoms. The van der Waals surface area contributed by atoms with E-state index in [9.17, 15) is 22.9 Å². The van der Waals surface area contributed by atoms with Crippen molar-refractivity contribution in [3.8, 4) is 0 Å². The molecule has 0 aliphatic rings. The van der Waals surface area contributed by atoms with E-state index in [0.717, 1.165) is 6.07 Å². The Morgan fingerprint density at radius 3 is 2.33 bits per heavy atom. The molecule has 1 aromatic rings. The van der Waals surface area contributed by atoms with Crippen LogP contribution in [0.3, 0.4) is 0 Å². The van der Waals surface area contributed by atoms with Gasteiger partial charge in [0, 0.05) is 19.2 Å². The van der Waals surface area contributed by atoms with E-state index >= 15 is 0 Å². The number of hydrogen-bond donors (Lipinski definition) is 2. The number of benzene rings is 1. The van der Waals surface area contributed by atoms with Gasteiger partial charge in [-0.25, -0.2) is 17.5 Å². The van der Waals surface area contributed by atoms with E-state index in [1.807, 2.05) is 13.8 Å². The molecule has 0 unspecified atom stereocenters. The molecule has 1 rings (SSSR count). The van der Waals surface area contributed by atoms with Crippen molar-refractivity contribution in [3.05, 3.63) is 28.1 Å². The molecule has 0 atom stereocenters. The summed E-state index contributed by atoms with van der Waals surface area (Å²) in [5, 5.41) is 13.2. The van der Waals surface area contributed by atoms with Crippen molar-refractivity contribution in [1.82, 2.24) is 4.72 Å². The number of nitrogens with zero attached hydrogens (tertiary/aromatic N) is 1. The highest BCUT2D eigenvalue weighted by Gasteiger charge is 2.28. The van der Waals surface area contributed by atoms with E-state index in [2.05, 4.69) is 10.0 Å². The van der Waals surface area contributed by atoms with Gasteiger partial charge in [0.25, 0.3) is 5.69 Å². The van der Waals surface area contributed by atoms with E-state index in [1.165, 1.54) is 7.05 Å². The third-order valence-electron chi connectivity index (χ3n) is 3.08. The summed E-state index contributed by atoms with van der Waals surface area (Å²) in [4.78, 5) is 9.31. The Kier molecular flexibility index (Phi) is 5.62. The van der Waals surface area contributed by atoms with Crippen molar-refractivity contribution in [2.24, 2.45) is 0 Å². The molecule has 0 saturated heterocycles. The van der Waals surface area contributed by atoms with Crippen molar-refractivity contribution in [2.45, 2.75) is 37.6 Å². The minimum Gasteiger partial charge on any atom is -0.387 e. The normalized spacial score (nSPS) is 11.7. The van der Waals surface area contributed by atoms with Gasteiger partial charge < -0.3 is 5.32 Å². The fourth-order valence-corrected chi connectivity index (χ4v) is 3.53. The van der Waals surface area contributed by atoms with Gasteiger partial charge in [-0.3, -0.25) is 10.1 Å². The summed E-state index contributed by atoms with van der Waals surface area (Å²) in [5.74, 6) is -1.16. The third kappa shape index (κ3) is 3.88. The van der Waals surface area contributed by atoms with E-state index in [-0.39, 0.29) is 11.7 Å². The molecule has 9 heteroatoms. The van der Waals surface area contributed by atoms with Crippen molar-refractivity contribution >= 4 is 21.4 Å². The predicted molar refractivity (Wildman–Crippen MR) is 77.3 cm³/mol. The van der Waals surface area contributed by atoms with Crippen LogP contribution in [0.5, 0.6) is 0 Å². The Bertz CT molecular complexity index is 630. The highest BCUT2D eigenvalue weighted by Crippen LogP contribution is 2.29. The molecule has 0 aliphatic heterocycles. The first-order valence-electron chi connectivity index (χ1n) is 6.44. The maximum Gasteiger partial charge on any atom is 0.274 e. The van der Waals surface area contributed by atoms with Crippen molar-refractivity contribution < 1.29 is 17.7 Å². The summed E-state index contributed by atoms with van der Waals surface area (Å²) in [6.07, 6.45) is 1.11. The number of rotatable bonds is 7. The number of nitrogens with one attached hydrogen (secondary N) is 2. The Labute approximate surface area is 122 Å². The molecule has 118 valence electrons. The third-order valence-corrected chi connectivity index (χ3v) is 4.68. The molecular formula is C12H18FN3O4S. The fourth-order valence-electron chi connectivity index (χ4n) is 1.88. The minimum atomic E-state index is -4.11. The smallest absolute Gasteiger partial charge is 0.274 e. The maximum absolute atomic E-state index is 14.0. The molecule has 0 amide bonds. The quantitative estimate of drug-likeness (QED) is 0.593. The number of hydrogen-bond acceptors (Lipinski definition) is 5. The molecule has 21 heavy (non-hydrogen) atoms. The SMILES string of the molecule is CCC(CC)NS(=O)(=O)c1c(F)cc([N+](=O)[O-])cc1NC. The van der Waals surface area contributed by atoms with Gasteiger partial charge in [-0.15, -0.1) is 0 Å². The molecule has 0 radical (unpaired) electrons. The first-order valence-corrected chi connectivity index (χ1v) is 7.93. The molecule has 0 heterocycles. The maximum atomic E-state index is 14.0. The zero-order valence-corrected chi connectivity index (χ0v) is 12.8. The summed E-state index contributed by atoms with van der Waals surface area (Å²) in [6.45, 7) is 3.61. The lowest BCUT2D eigenvalue weighted by Gasteiger charge is -2.17. The van der Waals surface area contributed by atoms with Gasteiger partial charge in [0.05, 0.1) is 16.7 Å². The predicted octanol–water partition coefficient (Wildman–Crippen LogP) is 2.24. The highest BCUT2D eigenvalue weighted by molar-refractivity contribution is 7.89. The molecule has 0 bridgehead atoms. The molecule has 0 fully saturated rings. The second-order valence-electron chi connectivity index (χ2n) is 4.45. The topological polar surface area (TPSA) is 101 Å². The van der Waals surface area contributed by atoms with Crippen LogP contribution < -0.4 is 10.0 Å². The first-order chi connectivity index (χ1) is 9.76. The van der Waals surface area contributed by atoms with Crippen molar-refractivity contribution in [2.75, 3.05) is 12.4 Å². The van der Waals surface area contributed by atoms with Gasteiger partial charge in [0.2, 0.25) is 10.0 Å².